The molecule has 2 heterocycles. The zero-order chi connectivity index (χ0) is 36.1. The highest BCUT2D eigenvalue weighted by atomic mass is 32.2. The van der Waals surface area contributed by atoms with Crippen molar-refractivity contribution in [2.24, 2.45) is 16.6 Å². The number of hydrogen-bond acceptors (Lipinski definition) is 10. The molecule has 0 aliphatic carbocycles. The molecule has 17 heteroatoms. The Labute approximate surface area is 286 Å². The second-order valence-corrected chi connectivity index (χ2v) is 14.0. The Bertz CT molecular complexity index is 1490. The van der Waals surface area contributed by atoms with Crippen molar-refractivity contribution in [3.05, 3.63) is 35.9 Å². The number of nitrogens with two attached hydrogens (primary N) is 1. The van der Waals surface area contributed by atoms with Crippen LogP contribution in [-0.2, 0) is 54.7 Å². The summed E-state index contributed by atoms with van der Waals surface area (Å²) in [7, 11) is -1.54. The van der Waals surface area contributed by atoms with E-state index in [1.54, 1.807) is 17.0 Å². The number of likely N-dealkylation sites (tertiary alicyclic amines) is 2. The smallest absolute Gasteiger partial charge is 0.306 e. The number of nitrogens with one attached hydrogen (secondary N) is 1. The molecule has 2 fully saturated rings. The Hall–Kier alpha value is -4.38. The summed E-state index contributed by atoms with van der Waals surface area (Å²) in [5.41, 5.74) is 6.34. The highest BCUT2D eigenvalue weighted by Crippen LogP contribution is 2.26. The number of amides is 4. The molecule has 1 aromatic carbocycles. The topological polar surface area (TPSA) is 215 Å². The molecule has 49 heavy (non-hydrogen) atoms. The summed E-state index contributed by atoms with van der Waals surface area (Å²) in [6, 6.07) is 7.10. The zero-order valence-electron chi connectivity index (χ0n) is 28.2. The first kappa shape index (κ1) is 39.1. The first-order chi connectivity index (χ1) is 23.2. The van der Waals surface area contributed by atoms with Crippen LogP contribution in [0, 0.1) is 5.92 Å². The van der Waals surface area contributed by atoms with Crippen LogP contribution in [0.5, 0.6) is 0 Å². The van der Waals surface area contributed by atoms with Crippen molar-refractivity contribution in [1.29, 1.82) is 0 Å². The van der Waals surface area contributed by atoms with Gasteiger partial charge in [0.05, 0.1) is 33.3 Å². The first-order valence-corrected chi connectivity index (χ1v) is 18.0. The van der Waals surface area contributed by atoms with E-state index < -0.39 is 57.7 Å². The molecule has 1 aromatic rings. The van der Waals surface area contributed by atoms with Crippen LogP contribution in [0.4, 0.5) is 0 Å². The number of guanidine groups is 1. The Balaban J connectivity index is 1.80. The molecule has 2 atom stereocenters. The first-order valence-electron chi connectivity index (χ1n) is 16.1. The van der Waals surface area contributed by atoms with Gasteiger partial charge in [-0.15, -0.1) is 0 Å². The van der Waals surface area contributed by atoms with Gasteiger partial charge >= 0.3 is 11.9 Å². The molecule has 2 saturated heterocycles. The van der Waals surface area contributed by atoms with Gasteiger partial charge < -0.3 is 25.0 Å². The number of aliphatic imine (C=N–C) groups is 1. The van der Waals surface area contributed by atoms with Crippen molar-refractivity contribution in [2.45, 2.75) is 69.9 Å². The highest BCUT2D eigenvalue weighted by molar-refractivity contribution is 7.88. The summed E-state index contributed by atoms with van der Waals surface area (Å²) >= 11 is 0. The number of methoxy groups -OCH3 is 2. The summed E-state index contributed by atoms with van der Waals surface area (Å²) in [5, 5.41) is 2.58. The maximum absolute atomic E-state index is 14.0. The predicted octanol–water partition coefficient (Wildman–Crippen LogP) is -0.0472. The summed E-state index contributed by atoms with van der Waals surface area (Å²) in [6.07, 6.45) is 2.10. The van der Waals surface area contributed by atoms with Gasteiger partial charge in [0.25, 0.3) is 0 Å². The van der Waals surface area contributed by atoms with Gasteiger partial charge in [0.2, 0.25) is 39.6 Å². The fourth-order valence-corrected chi connectivity index (χ4v) is 7.02. The fraction of sp³-hybridized carbons (Fsp3) is 0.594. The number of rotatable bonds is 14. The van der Waals surface area contributed by atoms with Crippen molar-refractivity contribution in [2.75, 3.05) is 46.7 Å². The molecule has 3 rings (SSSR count). The Kier molecular flexibility index (Phi) is 14.7. The standard InChI is InChI=1S/C32H46N6O10S/c1-47-28(41)13-11-26(39)34-32(35-27(40)12-14-29(42)48-2)36-18-15-23(16-19-36)21-38(49(3,45)46)25(20-22-8-5-4-6-9-22)31(44)37-17-7-10-24(37)30(33)43/h4-6,8-9,23-25H,7,10-21H2,1-3H3,(H2,33,43)(H,34,35,39,40)/t24-,25+/m0/s1. The zero-order valence-corrected chi connectivity index (χ0v) is 29.0. The van der Waals surface area contributed by atoms with Gasteiger partial charge in [-0.3, -0.25) is 34.1 Å². The molecular weight excluding hydrogens is 660 g/mol. The van der Waals surface area contributed by atoms with E-state index in [9.17, 15) is 37.2 Å². The minimum absolute atomic E-state index is 0.0149. The van der Waals surface area contributed by atoms with Crippen LogP contribution in [0.15, 0.2) is 35.3 Å². The van der Waals surface area contributed by atoms with Crippen molar-refractivity contribution in [3.63, 3.8) is 0 Å². The Morgan fingerprint density at radius 2 is 1.55 bits per heavy atom. The van der Waals surface area contributed by atoms with Gasteiger partial charge in [-0.2, -0.15) is 9.30 Å². The Morgan fingerprint density at radius 1 is 0.939 bits per heavy atom. The quantitative estimate of drug-likeness (QED) is 0.149. The molecule has 0 bridgehead atoms. The molecule has 0 radical (unpaired) electrons. The maximum Gasteiger partial charge on any atom is 0.306 e. The third kappa shape index (κ3) is 11.9. The lowest BCUT2D eigenvalue weighted by Gasteiger charge is -2.38. The number of piperidine rings is 1. The van der Waals surface area contributed by atoms with E-state index in [0.717, 1.165) is 11.8 Å². The van der Waals surface area contributed by atoms with E-state index in [4.69, 9.17) is 5.73 Å². The van der Waals surface area contributed by atoms with Gasteiger partial charge in [-0.25, -0.2) is 8.42 Å². The molecule has 0 saturated carbocycles. The number of carbonyl (C=O) groups is 6. The molecule has 2 aliphatic rings. The molecule has 2 aliphatic heterocycles. The minimum Gasteiger partial charge on any atom is -0.469 e. The SMILES string of the molecule is COC(=O)CCC(=O)N=C(NC(=O)CCC(=O)OC)N1CCC(CN([C@H](Cc2ccccc2)C(=O)N2CCC[C@H]2C(N)=O)S(C)(=O)=O)CC1. The van der Waals surface area contributed by atoms with Crippen molar-refractivity contribution in [3.8, 4) is 0 Å². The van der Waals surface area contributed by atoms with Crippen LogP contribution >= 0.6 is 0 Å². The van der Waals surface area contributed by atoms with E-state index in [1.807, 2.05) is 18.2 Å². The number of hydrogen-bond donors (Lipinski definition) is 2. The van der Waals surface area contributed by atoms with Gasteiger partial charge in [-0.05, 0) is 43.6 Å². The summed E-state index contributed by atoms with van der Waals surface area (Å²) in [5.74, 6) is -3.81. The van der Waals surface area contributed by atoms with Crippen LogP contribution in [0.3, 0.4) is 0 Å². The molecule has 0 aromatic heterocycles. The van der Waals surface area contributed by atoms with E-state index in [-0.39, 0.29) is 63.6 Å². The lowest BCUT2D eigenvalue weighted by Crippen LogP contribution is -2.56. The highest BCUT2D eigenvalue weighted by Gasteiger charge is 2.42. The van der Waals surface area contributed by atoms with Gasteiger partial charge in [-0.1, -0.05) is 30.3 Å². The average molecular weight is 707 g/mol. The normalized spacial score (nSPS) is 17.8. The number of primary amides is 1. The van der Waals surface area contributed by atoms with E-state index in [2.05, 4.69) is 19.8 Å². The van der Waals surface area contributed by atoms with Gasteiger partial charge in [0, 0.05) is 39.0 Å². The van der Waals surface area contributed by atoms with Crippen LogP contribution in [0.25, 0.3) is 0 Å². The van der Waals surface area contributed by atoms with Crippen LogP contribution < -0.4 is 11.1 Å². The summed E-state index contributed by atoms with van der Waals surface area (Å²) in [6.45, 7) is 0.853. The number of nitrogens with zero attached hydrogens (tertiary/aromatic N) is 4. The third-order valence-electron chi connectivity index (χ3n) is 8.58. The predicted molar refractivity (Wildman–Crippen MR) is 177 cm³/mol. The molecule has 0 unspecified atom stereocenters. The number of carbonyl (C=O) groups excluding carboxylic acids is 6. The average Bonchev–Trinajstić information content (AvgIpc) is 3.58. The molecular formula is C32H46N6O10S. The number of benzene rings is 1. The minimum atomic E-state index is -3.93. The summed E-state index contributed by atoms with van der Waals surface area (Å²) in [4.78, 5) is 81.6. The summed E-state index contributed by atoms with van der Waals surface area (Å²) < 4.78 is 37.0. The lowest BCUT2D eigenvalue weighted by atomic mass is 9.95. The van der Waals surface area contributed by atoms with Crippen molar-refractivity contribution >= 4 is 51.6 Å². The van der Waals surface area contributed by atoms with E-state index in [0.29, 0.717) is 32.2 Å². The van der Waals surface area contributed by atoms with Gasteiger partial charge in [0.15, 0.2) is 0 Å². The van der Waals surface area contributed by atoms with E-state index >= 15 is 0 Å². The maximum atomic E-state index is 14.0. The van der Waals surface area contributed by atoms with Crippen LogP contribution in [0.2, 0.25) is 0 Å². The van der Waals surface area contributed by atoms with Crippen molar-refractivity contribution in [1.82, 2.24) is 19.4 Å². The molecule has 4 amide bonds. The largest absolute Gasteiger partial charge is 0.469 e. The number of sulfonamides is 1. The number of ether oxygens (including phenoxy) is 2. The second kappa shape index (κ2) is 18.4. The number of esters is 2. The second-order valence-electron chi connectivity index (χ2n) is 12.1. The van der Waals surface area contributed by atoms with E-state index in [1.165, 1.54) is 23.4 Å². The molecule has 0 spiro atoms. The Morgan fingerprint density at radius 3 is 2.12 bits per heavy atom. The molecule has 3 N–H and O–H groups in total. The van der Waals surface area contributed by atoms with Crippen LogP contribution in [0.1, 0.15) is 56.9 Å². The van der Waals surface area contributed by atoms with Gasteiger partial charge in [0.1, 0.15) is 12.1 Å². The molecule has 270 valence electrons. The monoisotopic (exact) mass is 706 g/mol. The van der Waals surface area contributed by atoms with Crippen molar-refractivity contribution < 1.29 is 46.7 Å². The third-order valence-corrected chi connectivity index (χ3v) is 9.84. The fourth-order valence-electron chi connectivity index (χ4n) is 5.91. The van der Waals surface area contributed by atoms with Crippen LogP contribution in [-0.4, -0.2) is 123 Å². The lowest BCUT2D eigenvalue weighted by molar-refractivity contribution is -0.142. The molecule has 16 nitrogen and oxygen atoms in total.